The largest absolute Gasteiger partial charge is 0.392 e. The summed E-state index contributed by atoms with van der Waals surface area (Å²) in [5.41, 5.74) is 6.49. The lowest BCUT2D eigenvalue weighted by Gasteiger charge is -2.12. The first kappa shape index (κ1) is 10.8. The number of nitrogens with zero attached hydrogens (tertiary/aromatic N) is 1. The SMILES string of the molecule is CC(O)C(C)SCc1csc(N)n1. The summed E-state index contributed by atoms with van der Waals surface area (Å²) in [5.74, 6) is 0.819. The average molecular weight is 218 g/mol. The lowest BCUT2D eigenvalue weighted by Crippen LogP contribution is -2.15. The van der Waals surface area contributed by atoms with Crippen LogP contribution in [0.5, 0.6) is 0 Å². The van der Waals surface area contributed by atoms with Gasteiger partial charge in [0.25, 0.3) is 0 Å². The lowest BCUT2D eigenvalue weighted by atomic mass is 10.3. The number of aliphatic hydroxyl groups is 1. The monoisotopic (exact) mass is 218 g/mol. The van der Waals surface area contributed by atoms with Crippen LogP contribution < -0.4 is 5.73 Å². The molecule has 0 aliphatic carbocycles. The molecule has 0 bridgehead atoms. The van der Waals surface area contributed by atoms with E-state index in [2.05, 4.69) is 4.98 Å². The van der Waals surface area contributed by atoms with Crippen molar-refractivity contribution in [3.63, 3.8) is 0 Å². The first-order chi connectivity index (χ1) is 6.09. The first-order valence-electron chi connectivity index (χ1n) is 4.09. The van der Waals surface area contributed by atoms with Gasteiger partial charge in [0.2, 0.25) is 0 Å². The Balaban J connectivity index is 2.35. The zero-order chi connectivity index (χ0) is 9.84. The standard InChI is InChI=1S/C8H14N2OS2/c1-5(11)6(2)12-3-7-4-13-8(9)10-7/h4-6,11H,3H2,1-2H3,(H2,9,10). The molecule has 0 aliphatic rings. The molecule has 0 aromatic carbocycles. The third-order valence-corrected chi connectivity index (χ3v) is 3.85. The average Bonchev–Trinajstić information content (AvgIpc) is 2.47. The van der Waals surface area contributed by atoms with E-state index in [0.717, 1.165) is 11.4 Å². The molecular formula is C8H14N2OS2. The van der Waals surface area contributed by atoms with Gasteiger partial charge in [0, 0.05) is 16.4 Å². The van der Waals surface area contributed by atoms with E-state index in [0.29, 0.717) is 5.13 Å². The third-order valence-electron chi connectivity index (χ3n) is 1.74. The number of aliphatic hydroxyl groups excluding tert-OH is 1. The van der Waals surface area contributed by atoms with E-state index in [1.165, 1.54) is 11.3 Å². The molecule has 0 fully saturated rings. The topological polar surface area (TPSA) is 59.1 Å². The van der Waals surface area contributed by atoms with Crippen LogP contribution in [0.2, 0.25) is 0 Å². The lowest BCUT2D eigenvalue weighted by molar-refractivity contribution is 0.196. The summed E-state index contributed by atoms with van der Waals surface area (Å²) in [6.45, 7) is 3.80. The van der Waals surface area contributed by atoms with E-state index in [-0.39, 0.29) is 11.4 Å². The van der Waals surface area contributed by atoms with Crippen molar-refractivity contribution in [3.05, 3.63) is 11.1 Å². The molecule has 1 rings (SSSR count). The molecular weight excluding hydrogens is 204 g/mol. The van der Waals surface area contributed by atoms with Gasteiger partial charge in [-0.2, -0.15) is 0 Å². The van der Waals surface area contributed by atoms with Gasteiger partial charge in [-0.3, -0.25) is 0 Å². The third kappa shape index (κ3) is 3.54. The fraction of sp³-hybridized carbons (Fsp3) is 0.625. The number of anilines is 1. The first-order valence-corrected chi connectivity index (χ1v) is 6.02. The molecule has 3 N–H and O–H groups in total. The van der Waals surface area contributed by atoms with Gasteiger partial charge in [0.15, 0.2) is 5.13 Å². The fourth-order valence-electron chi connectivity index (χ4n) is 0.745. The Hall–Kier alpha value is -0.260. The molecule has 1 aromatic rings. The van der Waals surface area contributed by atoms with Crippen LogP contribution in [0.15, 0.2) is 5.38 Å². The molecule has 5 heteroatoms. The van der Waals surface area contributed by atoms with Crippen molar-refractivity contribution in [1.29, 1.82) is 0 Å². The molecule has 2 unspecified atom stereocenters. The number of thiazole rings is 1. The van der Waals surface area contributed by atoms with E-state index in [1.54, 1.807) is 18.7 Å². The number of thioether (sulfide) groups is 1. The highest BCUT2D eigenvalue weighted by Crippen LogP contribution is 2.21. The minimum absolute atomic E-state index is 0.239. The second-order valence-electron chi connectivity index (χ2n) is 2.93. The smallest absolute Gasteiger partial charge is 0.180 e. The van der Waals surface area contributed by atoms with Gasteiger partial charge >= 0.3 is 0 Å². The van der Waals surface area contributed by atoms with E-state index >= 15 is 0 Å². The predicted molar refractivity (Wildman–Crippen MR) is 59.0 cm³/mol. The predicted octanol–water partition coefficient (Wildman–Crippen LogP) is 1.73. The summed E-state index contributed by atoms with van der Waals surface area (Å²) >= 11 is 3.14. The van der Waals surface area contributed by atoms with Crippen molar-refractivity contribution in [2.75, 3.05) is 5.73 Å². The van der Waals surface area contributed by atoms with Gasteiger partial charge in [-0.05, 0) is 6.92 Å². The maximum Gasteiger partial charge on any atom is 0.180 e. The van der Waals surface area contributed by atoms with Crippen LogP contribution in [0.25, 0.3) is 0 Å². The zero-order valence-corrected chi connectivity index (χ0v) is 9.36. The van der Waals surface area contributed by atoms with Crippen LogP contribution in [0.1, 0.15) is 19.5 Å². The van der Waals surface area contributed by atoms with Crippen molar-refractivity contribution in [2.24, 2.45) is 0 Å². The van der Waals surface area contributed by atoms with Gasteiger partial charge in [-0.1, -0.05) is 6.92 Å². The highest BCUT2D eigenvalue weighted by atomic mass is 32.2. The summed E-state index contributed by atoms with van der Waals surface area (Å²) in [6, 6.07) is 0. The van der Waals surface area contributed by atoms with Crippen LogP contribution in [-0.4, -0.2) is 21.4 Å². The number of nitrogens with two attached hydrogens (primary N) is 1. The van der Waals surface area contributed by atoms with Gasteiger partial charge in [-0.15, -0.1) is 23.1 Å². The number of rotatable bonds is 4. The molecule has 1 heterocycles. The van der Waals surface area contributed by atoms with Gasteiger partial charge in [-0.25, -0.2) is 4.98 Å². The zero-order valence-electron chi connectivity index (χ0n) is 7.73. The van der Waals surface area contributed by atoms with E-state index in [1.807, 2.05) is 12.3 Å². The van der Waals surface area contributed by atoms with Crippen LogP contribution >= 0.6 is 23.1 Å². The summed E-state index contributed by atoms with van der Waals surface area (Å²) in [4.78, 5) is 4.14. The fourth-order valence-corrected chi connectivity index (χ4v) is 2.27. The Kier molecular flexibility index (Phi) is 4.02. The van der Waals surface area contributed by atoms with Gasteiger partial charge in [0.05, 0.1) is 11.8 Å². The molecule has 74 valence electrons. The van der Waals surface area contributed by atoms with Crippen LogP contribution in [0.4, 0.5) is 5.13 Å². The van der Waals surface area contributed by atoms with Crippen LogP contribution in [0.3, 0.4) is 0 Å². The highest BCUT2D eigenvalue weighted by Gasteiger charge is 2.09. The Labute approximate surface area is 86.4 Å². The van der Waals surface area contributed by atoms with Crippen molar-refractivity contribution < 1.29 is 5.11 Å². The molecule has 2 atom stereocenters. The maximum atomic E-state index is 9.24. The minimum Gasteiger partial charge on any atom is -0.392 e. The molecule has 0 amide bonds. The summed E-state index contributed by atoms with van der Waals surface area (Å²) in [6.07, 6.45) is -0.277. The van der Waals surface area contributed by atoms with E-state index in [9.17, 15) is 5.11 Å². The Morgan fingerprint density at radius 1 is 1.69 bits per heavy atom. The second kappa shape index (κ2) is 4.83. The Morgan fingerprint density at radius 2 is 2.38 bits per heavy atom. The number of hydrogen-bond donors (Lipinski definition) is 2. The summed E-state index contributed by atoms with van der Waals surface area (Å²) < 4.78 is 0. The van der Waals surface area contributed by atoms with Crippen molar-refractivity contribution in [2.45, 2.75) is 31.0 Å². The highest BCUT2D eigenvalue weighted by molar-refractivity contribution is 7.99. The molecule has 3 nitrogen and oxygen atoms in total. The molecule has 0 radical (unpaired) electrons. The summed E-state index contributed by atoms with van der Waals surface area (Å²) in [5, 5.41) is 12.0. The number of aromatic nitrogens is 1. The maximum absolute atomic E-state index is 9.24. The molecule has 1 aromatic heterocycles. The Bertz CT molecular complexity index is 262. The summed E-state index contributed by atoms with van der Waals surface area (Å²) in [7, 11) is 0. The Morgan fingerprint density at radius 3 is 2.85 bits per heavy atom. The van der Waals surface area contributed by atoms with Crippen molar-refractivity contribution in [3.8, 4) is 0 Å². The second-order valence-corrected chi connectivity index (χ2v) is 5.19. The normalized spacial score (nSPS) is 15.6. The van der Waals surface area contributed by atoms with Crippen LogP contribution in [-0.2, 0) is 5.75 Å². The quantitative estimate of drug-likeness (QED) is 0.808. The van der Waals surface area contributed by atoms with E-state index < -0.39 is 0 Å². The molecule has 0 aliphatic heterocycles. The molecule has 0 spiro atoms. The van der Waals surface area contributed by atoms with Crippen LogP contribution in [0, 0.1) is 0 Å². The molecule has 0 saturated heterocycles. The van der Waals surface area contributed by atoms with Gasteiger partial charge in [0.1, 0.15) is 0 Å². The molecule has 13 heavy (non-hydrogen) atoms. The van der Waals surface area contributed by atoms with Crippen molar-refractivity contribution >= 4 is 28.2 Å². The minimum atomic E-state index is -0.277. The van der Waals surface area contributed by atoms with Crippen molar-refractivity contribution in [1.82, 2.24) is 4.98 Å². The number of hydrogen-bond acceptors (Lipinski definition) is 5. The van der Waals surface area contributed by atoms with Gasteiger partial charge < -0.3 is 10.8 Å². The number of nitrogen functional groups attached to an aromatic ring is 1. The van der Waals surface area contributed by atoms with E-state index in [4.69, 9.17) is 5.73 Å². The molecule has 0 saturated carbocycles.